The largest absolute Gasteiger partial charge is 0.475 e. The van der Waals surface area contributed by atoms with Crippen molar-refractivity contribution in [3.05, 3.63) is 26.6 Å². The number of ether oxygens (including phenoxy) is 1. The van der Waals surface area contributed by atoms with Crippen LogP contribution in [0.15, 0.2) is 4.79 Å². The van der Waals surface area contributed by atoms with Crippen molar-refractivity contribution in [2.45, 2.75) is 38.6 Å². The van der Waals surface area contributed by atoms with Gasteiger partial charge in [0.15, 0.2) is 0 Å². The number of esters is 1. The standard InChI is InChI=1S/C10H8N2O3S.C8H14N2O3/c13-8-6-4-2-1-3-5(4)16-9(6)12-7(11-8)10(14)15;1-2-13-7(11)5-6-8(12)10-4-3-9-6/h1-3H2,(H,14,15)(H,11,12,13);6,9H,2-5H2,1H3,(H,10,12). The molecule has 2 aromatic heterocycles. The van der Waals surface area contributed by atoms with Gasteiger partial charge in [0, 0.05) is 18.0 Å². The lowest BCUT2D eigenvalue weighted by molar-refractivity contribution is -0.145. The van der Waals surface area contributed by atoms with Gasteiger partial charge < -0.3 is 25.5 Å². The van der Waals surface area contributed by atoms with Crippen LogP contribution < -0.4 is 16.2 Å². The zero-order valence-corrected chi connectivity index (χ0v) is 16.7. The first-order valence-corrected chi connectivity index (χ1v) is 10.2. The molecule has 1 fully saturated rings. The SMILES string of the molecule is CCOC(=O)CC1NCCNC1=O.O=C(O)c1nc2sc3c(c2c(=O)[nH]1)CCC3. The van der Waals surface area contributed by atoms with Crippen molar-refractivity contribution in [2.75, 3.05) is 19.7 Å². The van der Waals surface area contributed by atoms with Crippen LogP contribution in [0.25, 0.3) is 10.2 Å². The number of nitrogens with one attached hydrogen (secondary N) is 3. The van der Waals surface area contributed by atoms with Crippen molar-refractivity contribution in [3.63, 3.8) is 0 Å². The molecule has 1 atom stereocenters. The van der Waals surface area contributed by atoms with Crippen LogP contribution in [-0.4, -0.2) is 58.7 Å². The number of aromatic amines is 1. The van der Waals surface area contributed by atoms with Gasteiger partial charge in [-0.1, -0.05) is 0 Å². The number of rotatable bonds is 4. The highest BCUT2D eigenvalue weighted by atomic mass is 32.1. The Morgan fingerprint density at radius 1 is 1.28 bits per heavy atom. The molecular weight excluding hydrogens is 400 g/mol. The molecule has 0 aromatic carbocycles. The van der Waals surface area contributed by atoms with Gasteiger partial charge in [-0.2, -0.15) is 0 Å². The summed E-state index contributed by atoms with van der Waals surface area (Å²) in [7, 11) is 0. The number of nitrogens with zero attached hydrogens (tertiary/aromatic N) is 1. The summed E-state index contributed by atoms with van der Waals surface area (Å²) in [6.07, 6.45) is 3.04. The minimum Gasteiger partial charge on any atom is -0.475 e. The number of aromatic nitrogens is 2. The smallest absolute Gasteiger partial charge is 0.372 e. The van der Waals surface area contributed by atoms with E-state index in [1.165, 1.54) is 16.2 Å². The first-order chi connectivity index (χ1) is 13.9. The van der Waals surface area contributed by atoms with Gasteiger partial charge in [0.2, 0.25) is 11.7 Å². The summed E-state index contributed by atoms with van der Waals surface area (Å²) < 4.78 is 4.73. The summed E-state index contributed by atoms with van der Waals surface area (Å²) in [6.45, 7) is 3.42. The number of H-pyrrole nitrogens is 1. The molecule has 0 radical (unpaired) electrons. The van der Waals surface area contributed by atoms with Gasteiger partial charge in [-0.3, -0.25) is 14.4 Å². The van der Waals surface area contributed by atoms with E-state index in [0.717, 1.165) is 24.8 Å². The number of carboxylic acid groups (broad SMARTS) is 1. The molecule has 2 aromatic rings. The number of thiophene rings is 1. The fourth-order valence-electron chi connectivity index (χ4n) is 3.30. The van der Waals surface area contributed by atoms with Crippen molar-refractivity contribution < 1.29 is 24.2 Å². The number of aryl methyl sites for hydroxylation is 2. The number of carbonyl (C=O) groups is 3. The fraction of sp³-hybridized carbons (Fsp3) is 0.500. The van der Waals surface area contributed by atoms with Crippen LogP contribution in [0.2, 0.25) is 0 Å². The summed E-state index contributed by atoms with van der Waals surface area (Å²) in [6, 6.07) is -0.423. The number of carboxylic acids is 1. The lowest BCUT2D eigenvalue weighted by atomic mass is 10.1. The molecule has 2 aliphatic rings. The van der Waals surface area contributed by atoms with Crippen molar-refractivity contribution >= 4 is 39.4 Å². The van der Waals surface area contributed by atoms with Gasteiger partial charge in [0.05, 0.1) is 24.5 Å². The summed E-state index contributed by atoms with van der Waals surface area (Å²) in [5, 5.41) is 15.0. The third kappa shape index (κ3) is 4.80. The number of hydrogen-bond acceptors (Lipinski definition) is 8. The van der Waals surface area contributed by atoms with E-state index in [2.05, 4.69) is 20.6 Å². The maximum Gasteiger partial charge on any atom is 0.372 e. The van der Waals surface area contributed by atoms with Gasteiger partial charge in [-0.25, -0.2) is 9.78 Å². The molecule has 4 rings (SSSR count). The summed E-state index contributed by atoms with van der Waals surface area (Å²) in [5.74, 6) is -1.94. The quantitative estimate of drug-likeness (QED) is 0.510. The minimum atomic E-state index is -1.20. The molecule has 0 saturated carbocycles. The number of piperazine rings is 1. The highest BCUT2D eigenvalue weighted by molar-refractivity contribution is 7.18. The molecule has 1 aliphatic heterocycles. The second-order valence-corrected chi connectivity index (χ2v) is 7.65. The molecule has 4 N–H and O–H groups in total. The van der Waals surface area contributed by atoms with Crippen LogP contribution in [0.1, 0.15) is 40.8 Å². The second kappa shape index (κ2) is 9.14. The third-order valence-corrected chi connectivity index (χ3v) is 5.77. The summed E-state index contributed by atoms with van der Waals surface area (Å²) in [5.41, 5.74) is 0.729. The van der Waals surface area contributed by atoms with Gasteiger partial charge >= 0.3 is 11.9 Å². The predicted octanol–water partition coefficient (Wildman–Crippen LogP) is 0.199. The molecule has 11 heteroatoms. The zero-order valence-electron chi connectivity index (χ0n) is 15.9. The van der Waals surface area contributed by atoms with Crippen LogP contribution in [-0.2, 0) is 27.2 Å². The van der Waals surface area contributed by atoms with Gasteiger partial charge in [-0.15, -0.1) is 11.3 Å². The van der Waals surface area contributed by atoms with E-state index in [0.29, 0.717) is 29.9 Å². The molecule has 1 amide bonds. The van der Waals surface area contributed by atoms with Crippen molar-refractivity contribution in [3.8, 4) is 0 Å². The average Bonchev–Trinajstić information content (AvgIpc) is 3.25. The van der Waals surface area contributed by atoms with Crippen LogP contribution in [0.3, 0.4) is 0 Å². The summed E-state index contributed by atoms with van der Waals surface area (Å²) in [4.78, 5) is 52.7. The molecule has 1 aliphatic carbocycles. The fourth-order valence-corrected chi connectivity index (χ4v) is 4.57. The molecule has 3 heterocycles. The topological polar surface area (TPSA) is 150 Å². The Balaban J connectivity index is 0.000000170. The van der Waals surface area contributed by atoms with Crippen LogP contribution >= 0.6 is 11.3 Å². The van der Waals surface area contributed by atoms with E-state index in [-0.39, 0.29) is 29.7 Å². The van der Waals surface area contributed by atoms with Crippen molar-refractivity contribution in [1.29, 1.82) is 0 Å². The van der Waals surface area contributed by atoms with Gasteiger partial charge in [0.25, 0.3) is 5.56 Å². The van der Waals surface area contributed by atoms with Crippen LogP contribution in [0, 0.1) is 0 Å². The molecular formula is C18H22N4O6S. The highest BCUT2D eigenvalue weighted by Crippen LogP contribution is 2.34. The van der Waals surface area contributed by atoms with E-state index in [4.69, 9.17) is 9.84 Å². The lowest BCUT2D eigenvalue weighted by Crippen LogP contribution is -2.53. The Bertz CT molecular complexity index is 998. The molecule has 156 valence electrons. The van der Waals surface area contributed by atoms with Crippen molar-refractivity contribution in [1.82, 2.24) is 20.6 Å². The normalized spacial score (nSPS) is 17.8. The predicted molar refractivity (Wildman–Crippen MR) is 105 cm³/mol. The molecule has 1 unspecified atom stereocenters. The van der Waals surface area contributed by atoms with Gasteiger partial charge in [0.1, 0.15) is 4.83 Å². The number of carbonyl (C=O) groups excluding carboxylic acids is 2. The summed E-state index contributed by atoms with van der Waals surface area (Å²) >= 11 is 1.44. The Hall–Kier alpha value is -2.79. The molecule has 0 spiro atoms. The number of fused-ring (bicyclic) bond motifs is 3. The monoisotopic (exact) mass is 422 g/mol. The highest BCUT2D eigenvalue weighted by Gasteiger charge is 2.24. The van der Waals surface area contributed by atoms with Crippen LogP contribution in [0.5, 0.6) is 0 Å². The zero-order chi connectivity index (χ0) is 21.0. The molecule has 1 saturated heterocycles. The first-order valence-electron chi connectivity index (χ1n) is 9.35. The minimum absolute atomic E-state index is 0.111. The Labute approximate surface area is 169 Å². The van der Waals surface area contributed by atoms with E-state index in [1.807, 2.05) is 0 Å². The molecule has 29 heavy (non-hydrogen) atoms. The van der Waals surface area contributed by atoms with E-state index in [9.17, 15) is 19.2 Å². The Morgan fingerprint density at radius 2 is 2.07 bits per heavy atom. The second-order valence-electron chi connectivity index (χ2n) is 6.56. The maximum atomic E-state index is 11.8. The number of amides is 1. The molecule has 10 nitrogen and oxygen atoms in total. The average molecular weight is 422 g/mol. The van der Waals surface area contributed by atoms with Gasteiger partial charge in [-0.05, 0) is 31.7 Å². The maximum absolute atomic E-state index is 11.8. The molecule has 0 bridgehead atoms. The Morgan fingerprint density at radius 3 is 2.76 bits per heavy atom. The lowest BCUT2D eigenvalue weighted by Gasteiger charge is -2.22. The van der Waals surface area contributed by atoms with Crippen LogP contribution in [0.4, 0.5) is 0 Å². The number of hydrogen-bond donors (Lipinski definition) is 4. The Kier molecular flexibility index (Phi) is 6.60. The van der Waals surface area contributed by atoms with E-state index < -0.39 is 12.0 Å². The van der Waals surface area contributed by atoms with E-state index in [1.54, 1.807) is 6.92 Å². The third-order valence-electron chi connectivity index (χ3n) is 4.59. The van der Waals surface area contributed by atoms with Crippen molar-refractivity contribution in [2.24, 2.45) is 0 Å². The number of aromatic carboxylic acids is 1. The first kappa shape index (κ1) is 20.9. The van der Waals surface area contributed by atoms with E-state index >= 15 is 0 Å².